The van der Waals surface area contributed by atoms with Crippen molar-refractivity contribution < 1.29 is 41.0 Å². The first kappa shape index (κ1) is 30.9. The van der Waals surface area contributed by atoms with E-state index >= 15 is 0 Å². The molecule has 0 saturated carbocycles. The van der Waals surface area contributed by atoms with E-state index in [4.69, 9.17) is 18.6 Å². The fraction of sp³-hybridized carbons (Fsp3) is 0.219. The zero-order valence-electron chi connectivity index (χ0n) is 24.7. The molecule has 3 aromatic heterocycles. The molecule has 0 radical (unpaired) electrons. The summed E-state index contributed by atoms with van der Waals surface area (Å²) in [5.41, 5.74) is -0.418. The van der Waals surface area contributed by atoms with Gasteiger partial charge in [-0.05, 0) is 59.2 Å². The molecule has 6 rings (SSSR count). The van der Waals surface area contributed by atoms with Crippen LogP contribution in [0.25, 0.3) is 27.4 Å². The van der Waals surface area contributed by atoms with Crippen LogP contribution >= 0.6 is 11.3 Å². The number of aryl methyl sites for hydroxylation is 1. The standard InChI is InChI=1S/C32H26F4N4O5S/c1-4-6-17-10-22(32(34,35)36)28(23(33)11-17)29(41)37-19-8-5-7-18(9-19)16-44-25-12-20(42-2)13-26-21(25)14-27(45-26)24-15-40-30(38-24)46-31(39-40)43-3/h5,7-15H,4,6,16H2,1-3H3,(H,37,41). The normalized spacial score (nSPS) is 11.7. The van der Waals surface area contributed by atoms with E-state index in [2.05, 4.69) is 15.4 Å². The van der Waals surface area contributed by atoms with Gasteiger partial charge in [-0.25, -0.2) is 13.9 Å². The molecule has 0 saturated heterocycles. The zero-order valence-corrected chi connectivity index (χ0v) is 25.5. The molecule has 1 N–H and O–H groups in total. The first-order chi connectivity index (χ1) is 22.1. The van der Waals surface area contributed by atoms with Gasteiger partial charge in [0.15, 0.2) is 5.76 Å². The second-order valence-electron chi connectivity index (χ2n) is 10.3. The van der Waals surface area contributed by atoms with Crippen molar-refractivity contribution in [1.82, 2.24) is 14.6 Å². The maximum Gasteiger partial charge on any atom is 0.417 e. The van der Waals surface area contributed by atoms with Crippen LogP contribution in [0, 0.1) is 5.82 Å². The number of rotatable bonds is 10. The van der Waals surface area contributed by atoms with Gasteiger partial charge in [0, 0.05) is 17.8 Å². The molecule has 6 aromatic rings. The van der Waals surface area contributed by atoms with Crippen LogP contribution in [0.1, 0.15) is 40.4 Å². The van der Waals surface area contributed by atoms with Crippen molar-refractivity contribution in [2.75, 3.05) is 19.5 Å². The van der Waals surface area contributed by atoms with Crippen LogP contribution in [0.15, 0.2) is 65.2 Å². The number of carbonyl (C=O) groups excluding carboxylic acids is 1. The lowest BCUT2D eigenvalue weighted by Crippen LogP contribution is -2.21. The van der Waals surface area contributed by atoms with Gasteiger partial charge in [-0.2, -0.15) is 13.2 Å². The van der Waals surface area contributed by atoms with Crippen molar-refractivity contribution in [2.24, 2.45) is 0 Å². The van der Waals surface area contributed by atoms with Gasteiger partial charge in [0.25, 0.3) is 11.1 Å². The number of alkyl halides is 3. The molecule has 9 nitrogen and oxygen atoms in total. The Morgan fingerprint density at radius 3 is 2.61 bits per heavy atom. The number of fused-ring (bicyclic) bond motifs is 2. The third-order valence-corrected chi connectivity index (χ3v) is 7.94. The Morgan fingerprint density at radius 1 is 1.07 bits per heavy atom. The first-order valence-electron chi connectivity index (χ1n) is 14.0. The minimum Gasteiger partial charge on any atom is -0.496 e. The summed E-state index contributed by atoms with van der Waals surface area (Å²) < 4.78 is 80.6. The van der Waals surface area contributed by atoms with E-state index in [0.29, 0.717) is 56.1 Å². The summed E-state index contributed by atoms with van der Waals surface area (Å²) in [5.74, 6) is -1.05. The number of carbonyl (C=O) groups is 1. The summed E-state index contributed by atoms with van der Waals surface area (Å²) in [6, 6.07) is 13.3. The Labute approximate surface area is 263 Å². The number of amides is 1. The summed E-state index contributed by atoms with van der Waals surface area (Å²) in [5, 5.41) is 7.79. The molecular formula is C32H26F4N4O5S. The number of imidazole rings is 1. The van der Waals surface area contributed by atoms with Gasteiger partial charge in [-0.15, -0.1) is 5.10 Å². The largest absolute Gasteiger partial charge is 0.496 e. The van der Waals surface area contributed by atoms with E-state index in [1.807, 2.05) is 0 Å². The third-order valence-electron chi connectivity index (χ3n) is 7.06. The maximum atomic E-state index is 14.9. The van der Waals surface area contributed by atoms with Crippen molar-refractivity contribution in [3.05, 3.63) is 88.9 Å². The number of anilines is 1. The number of hydrogen-bond donors (Lipinski definition) is 1. The van der Waals surface area contributed by atoms with Gasteiger partial charge in [0.1, 0.15) is 35.2 Å². The molecule has 238 valence electrons. The van der Waals surface area contributed by atoms with E-state index in [0.717, 1.165) is 12.1 Å². The Hall–Kier alpha value is -5.11. The van der Waals surface area contributed by atoms with Gasteiger partial charge in [0.2, 0.25) is 4.96 Å². The third kappa shape index (κ3) is 6.20. The lowest BCUT2D eigenvalue weighted by atomic mass is 9.99. The van der Waals surface area contributed by atoms with Gasteiger partial charge in [0.05, 0.1) is 36.9 Å². The van der Waals surface area contributed by atoms with Gasteiger partial charge < -0.3 is 23.9 Å². The second kappa shape index (κ2) is 12.4. The predicted octanol–water partition coefficient (Wildman–Crippen LogP) is 8.16. The van der Waals surface area contributed by atoms with Gasteiger partial charge in [-0.3, -0.25) is 4.79 Å². The molecule has 14 heteroatoms. The molecule has 3 heterocycles. The Kier molecular flexibility index (Phi) is 8.30. The van der Waals surface area contributed by atoms with Crippen molar-refractivity contribution in [2.45, 2.75) is 32.5 Å². The molecule has 46 heavy (non-hydrogen) atoms. The Balaban J connectivity index is 1.23. The van der Waals surface area contributed by atoms with Crippen LogP contribution in [-0.4, -0.2) is 34.7 Å². The number of methoxy groups -OCH3 is 2. The summed E-state index contributed by atoms with van der Waals surface area (Å²) >= 11 is 1.28. The minimum absolute atomic E-state index is 0.0181. The highest BCUT2D eigenvalue weighted by Crippen LogP contribution is 2.38. The monoisotopic (exact) mass is 654 g/mol. The number of nitrogens with zero attached hydrogens (tertiary/aromatic N) is 3. The molecule has 0 aliphatic heterocycles. The van der Waals surface area contributed by atoms with Crippen LogP contribution in [0.5, 0.6) is 16.7 Å². The zero-order chi connectivity index (χ0) is 32.6. The van der Waals surface area contributed by atoms with Crippen LogP contribution < -0.4 is 19.5 Å². The first-order valence-corrected chi connectivity index (χ1v) is 14.8. The molecule has 0 bridgehead atoms. The molecular weight excluding hydrogens is 628 g/mol. The molecule has 0 aliphatic carbocycles. The topological polar surface area (TPSA) is 100 Å². The second-order valence-corrected chi connectivity index (χ2v) is 11.2. The average molecular weight is 655 g/mol. The van der Waals surface area contributed by atoms with Gasteiger partial charge in [-0.1, -0.05) is 25.5 Å². The SMILES string of the molecule is CCCc1cc(F)c(C(=O)Nc2cccc(COc3cc(OC)cc4oc(-c5cn6nc(OC)sc6n5)cc34)c2)c(C(F)(F)F)c1. The summed E-state index contributed by atoms with van der Waals surface area (Å²) in [4.78, 5) is 18.1. The minimum atomic E-state index is -4.92. The summed E-state index contributed by atoms with van der Waals surface area (Å²) in [7, 11) is 3.04. The quantitative estimate of drug-likeness (QED) is 0.149. The number of nitrogens with one attached hydrogen (secondary N) is 1. The van der Waals surface area contributed by atoms with Gasteiger partial charge >= 0.3 is 6.18 Å². The fourth-order valence-corrected chi connectivity index (χ4v) is 5.67. The highest BCUT2D eigenvalue weighted by Gasteiger charge is 2.37. The van der Waals surface area contributed by atoms with Crippen molar-refractivity contribution in [1.29, 1.82) is 0 Å². The lowest BCUT2D eigenvalue weighted by Gasteiger charge is -2.16. The maximum absolute atomic E-state index is 14.9. The molecule has 0 unspecified atom stereocenters. The number of benzene rings is 3. The molecule has 0 spiro atoms. The van der Waals surface area contributed by atoms with E-state index in [9.17, 15) is 22.4 Å². The highest BCUT2D eigenvalue weighted by molar-refractivity contribution is 7.18. The highest BCUT2D eigenvalue weighted by atomic mass is 32.1. The van der Waals surface area contributed by atoms with Crippen LogP contribution in [0.4, 0.5) is 23.2 Å². The van der Waals surface area contributed by atoms with Crippen molar-refractivity contribution >= 4 is 38.9 Å². The molecule has 3 aromatic carbocycles. The average Bonchev–Trinajstić information content (AvgIpc) is 3.72. The van der Waals surface area contributed by atoms with Crippen LogP contribution in [0.2, 0.25) is 0 Å². The number of hydrogen-bond acceptors (Lipinski definition) is 8. The summed E-state index contributed by atoms with van der Waals surface area (Å²) in [6.45, 7) is 1.79. The lowest BCUT2D eigenvalue weighted by molar-refractivity contribution is -0.138. The van der Waals surface area contributed by atoms with E-state index < -0.39 is 29.0 Å². The van der Waals surface area contributed by atoms with E-state index in [1.54, 1.807) is 48.0 Å². The molecule has 0 atom stereocenters. The fourth-order valence-electron chi connectivity index (χ4n) is 4.97. The van der Waals surface area contributed by atoms with E-state index in [1.165, 1.54) is 37.7 Å². The Morgan fingerprint density at radius 2 is 1.89 bits per heavy atom. The molecule has 0 fully saturated rings. The van der Waals surface area contributed by atoms with Crippen LogP contribution in [0.3, 0.4) is 0 Å². The number of aromatic nitrogens is 3. The smallest absolute Gasteiger partial charge is 0.417 e. The van der Waals surface area contributed by atoms with Crippen molar-refractivity contribution in [3.63, 3.8) is 0 Å². The predicted molar refractivity (Wildman–Crippen MR) is 163 cm³/mol. The molecule has 1 amide bonds. The van der Waals surface area contributed by atoms with E-state index in [-0.39, 0.29) is 24.3 Å². The molecule has 0 aliphatic rings. The number of furan rings is 1. The number of halogens is 4. The van der Waals surface area contributed by atoms with Crippen molar-refractivity contribution in [3.8, 4) is 28.1 Å². The van der Waals surface area contributed by atoms with Crippen LogP contribution in [-0.2, 0) is 19.2 Å². The number of ether oxygens (including phenoxy) is 3. The Bertz CT molecular complexity index is 2040. The summed E-state index contributed by atoms with van der Waals surface area (Å²) in [6.07, 6.45) is -2.43.